The molecular weight excluding hydrogens is 362 g/mol. The SMILES string of the molecule is CC(C)CC(CCC(=O)N[C@H](Cc1ccc(O)cc1)C(=O)O)NC(=O)CCN. The van der Waals surface area contributed by atoms with Crippen molar-refractivity contribution in [1.82, 2.24) is 10.6 Å². The molecule has 0 heterocycles. The molecule has 1 aromatic rings. The van der Waals surface area contributed by atoms with Crippen LogP contribution in [0.2, 0.25) is 0 Å². The fourth-order valence-electron chi connectivity index (χ4n) is 2.89. The van der Waals surface area contributed by atoms with Gasteiger partial charge in [-0.25, -0.2) is 4.79 Å². The second-order valence-electron chi connectivity index (χ2n) is 7.30. The number of aromatic hydroxyl groups is 1. The number of amides is 2. The van der Waals surface area contributed by atoms with E-state index in [1.807, 2.05) is 13.8 Å². The molecule has 2 atom stereocenters. The highest BCUT2D eigenvalue weighted by Gasteiger charge is 2.22. The molecule has 0 saturated carbocycles. The lowest BCUT2D eigenvalue weighted by Gasteiger charge is -2.21. The predicted molar refractivity (Wildman–Crippen MR) is 106 cm³/mol. The van der Waals surface area contributed by atoms with Gasteiger partial charge in [0, 0.05) is 31.8 Å². The molecule has 1 aromatic carbocycles. The van der Waals surface area contributed by atoms with Crippen LogP contribution < -0.4 is 16.4 Å². The first-order valence-electron chi connectivity index (χ1n) is 9.50. The number of hydrogen-bond donors (Lipinski definition) is 5. The van der Waals surface area contributed by atoms with Gasteiger partial charge in [0.15, 0.2) is 0 Å². The monoisotopic (exact) mass is 393 g/mol. The Hall–Kier alpha value is -2.61. The second-order valence-corrected chi connectivity index (χ2v) is 7.30. The summed E-state index contributed by atoms with van der Waals surface area (Å²) in [4.78, 5) is 35.5. The van der Waals surface area contributed by atoms with Crippen molar-refractivity contribution in [2.24, 2.45) is 11.7 Å². The summed E-state index contributed by atoms with van der Waals surface area (Å²) in [7, 11) is 0. The molecule has 0 aliphatic carbocycles. The van der Waals surface area contributed by atoms with Crippen molar-refractivity contribution in [2.45, 2.75) is 58.0 Å². The summed E-state index contributed by atoms with van der Waals surface area (Å²) in [6.45, 7) is 4.32. The second kappa shape index (κ2) is 12.0. The lowest BCUT2D eigenvalue weighted by atomic mass is 9.99. The Balaban J connectivity index is 2.60. The van der Waals surface area contributed by atoms with Crippen molar-refractivity contribution < 1.29 is 24.6 Å². The van der Waals surface area contributed by atoms with Crippen LogP contribution in [0.3, 0.4) is 0 Å². The average Bonchev–Trinajstić information content (AvgIpc) is 2.60. The molecule has 2 amide bonds. The van der Waals surface area contributed by atoms with Gasteiger partial charge in [0.25, 0.3) is 0 Å². The van der Waals surface area contributed by atoms with E-state index in [4.69, 9.17) is 5.73 Å². The highest BCUT2D eigenvalue weighted by atomic mass is 16.4. The van der Waals surface area contributed by atoms with Crippen LogP contribution in [-0.4, -0.2) is 46.6 Å². The third-order valence-corrected chi connectivity index (χ3v) is 4.22. The molecule has 0 bridgehead atoms. The Morgan fingerprint density at radius 1 is 1.04 bits per heavy atom. The molecule has 6 N–H and O–H groups in total. The van der Waals surface area contributed by atoms with Gasteiger partial charge in [-0.15, -0.1) is 0 Å². The van der Waals surface area contributed by atoms with Crippen LogP contribution in [0.4, 0.5) is 0 Å². The smallest absolute Gasteiger partial charge is 0.326 e. The van der Waals surface area contributed by atoms with E-state index in [-0.39, 0.29) is 49.4 Å². The number of benzene rings is 1. The minimum Gasteiger partial charge on any atom is -0.508 e. The fraction of sp³-hybridized carbons (Fsp3) is 0.550. The average molecular weight is 393 g/mol. The number of hydrogen-bond acceptors (Lipinski definition) is 5. The number of nitrogens with one attached hydrogen (secondary N) is 2. The summed E-state index contributed by atoms with van der Waals surface area (Å²) in [5.41, 5.74) is 6.08. The quantitative estimate of drug-likeness (QED) is 0.361. The van der Waals surface area contributed by atoms with Crippen molar-refractivity contribution >= 4 is 17.8 Å². The molecule has 8 nitrogen and oxygen atoms in total. The third kappa shape index (κ3) is 9.36. The lowest BCUT2D eigenvalue weighted by molar-refractivity contribution is -0.141. The zero-order valence-corrected chi connectivity index (χ0v) is 16.5. The molecule has 0 radical (unpaired) electrons. The van der Waals surface area contributed by atoms with E-state index >= 15 is 0 Å². The van der Waals surface area contributed by atoms with Gasteiger partial charge in [-0.05, 0) is 36.5 Å². The molecule has 0 aromatic heterocycles. The number of carbonyl (C=O) groups excluding carboxylic acids is 2. The maximum absolute atomic E-state index is 12.3. The first-order valence-corrected chi connectivity index (χ1v) is 9.50. The molecule has 1 rings (SSSR count). The molecule has 0 saturated heterocycles. The first-order chi connectivity index (χ1) is 13.2. The predicted octanol–water partition coefficient (Wildman–Crippen LogP) is 1.16. The Morgan fingerprint density at radius 2 is 1.64 bits per heavy atom. The van der Waals surface area contributed by atoms with Gasteiger partial charge in [-0.2, -0.15) is 0 Å². The maximum Gasteiger partial charge on any atom is 0.326 e. The highest BCUT2D eigenvalue weighted by molar-refractivity contribution is 5.83. The number of nitrogens with two attached hydrogens (primary N) is 1. The topological polar surface area (TPSA) is 142 Å². The van der Waals surface area contributed by atoms with Crippen LogP contribution in [0.15, 0.2) is 24.3 Å². The van der Waals surface area contributed by atoms with E-state index in [0.717, 1.165) is 6.42 Å². The van der Waals surface area contributed by atoms with Crippen molar-refractivity contribution in [3.63, 3.8) is 0 Å². The van der Waals surface area contributed by atoms with Crippen LogP contribution in [0.25, 0.3) is 0 Å². The van der Waals surface area contributed by atoms with Crippen molar-refractivity contribution in [2.75, 3.05) is 6.54 Å². The number of carboxylic acids is 1. The molecule has 1 unspecified atom stereocenters. The highest BCUT2D eigenvalue weighted by Crippen LogP contribution is 2.13. The molecule has 0 aliphatic heterocycles. The fourth-order valence-corrected chi connectivity index (χ4v) is 2.89. The van der Waals surface area contributed by atoms with Gasteiger partial charge in [0.1, 0.15) is 11.8 Å². The summed E-state index contributed by atoms with van der Waals surface area (Å²) in [6, 6.07) is 4.94. The van der Waals surface area contributed by atoms with E-state index in [1.54, 1.807) is 12.1 Å². The first kappa shape index (κ1) is 23.4. The van der Waals surface area contributed by atoms with Crippen LogP contribution >= 0.6 is 0 Å². The van der Waals surface area contributed by atoms with Gasteiger partial charge in [-0.1, -0.05) is 26.0 Å². The summed E-state index contributed by atoms with van der Waals surface area (Å²) in [5, 5.41) is 24.1. The number of phenols is 1. The van der Waals surface area contributed by atoms with E-state index < -0.39 is 12.0 Å². The van der Waals surface area contributed by atoms with Gasteiger partial charge in [0.05, 0.1) is 0 Å². The normalized spacial score (nSPS) is 13.0. The molecule has 0 spiro atoms. The molecule has 8 heteroatoms. The van der Waals surface area contributed by atoms with Crippen LogP contribution in [-0.2, 0) is 20.8 Å². The van der Waals surface area contributed by atoms with E-state index in [2.05, 4.69) is 10.6 Å². The lowest BCUT2D eigenvalue weighted by Crippen LogP contribution is -2.43. The van der Waals surface area contributed by atoms with Gasteiger partial charge < -0.3 is 26.6 Å². The van der Waals surface area contributed by atoms with Gasteiger partial charge in [-0.3, -0.25) is 9.59 Å². The summed E-state index contributed by atoms with van der Waals surface area (Å²) in [6.07, 6.45) is 1.60. The minimum atomic E-state index is -1.13. The Bertz CT molecular complexity index is 646. The summed E-state index contributed by atoms with van der Waals surface area (Å²) >= 11 is 0. The maximum atomic E-state index is 12.3. The molecule has 156 valence electrons. The number of aliphatic carboxylic acids is 1. The van der Waals surface area contributed by atoms with Crippen molar-refractivity contribution in [1.29, 1.82) is 0 Å². The summed E-state index contributed by atoms with van der Waals surface area (Å²) in [5.74, 6) is -1.23. The van der Waals surface area contributed by atoms with Crippen LogP contribution in [0, 0.1) is 5.92 Å². The Morgan fingerprint density at radius 3 is 2.18 bits per heavy atom. The van der Waals surface area contributed by atoms with E-state index in [0.29, 0.717) is 17.9 Å². The molecule has 0 aliphatic rings. The standard InChI is InChI=1S/C20H31N3O5/c1-13(2)11-15(22-19(26)9-10-21)5-8-18(25)23-17(20(27)28)12-14-3-6-16(24)7-4-14/h3-4,6-7,13,15,17,24H,5,8-12,21H2,1-2H3,(H,22,26)(H,23,25)(H,27,28)/t15?,17-/m1/s1. The molecule has 28 heavy (non-hydrogen) atoms. The van der Waals surface area contributed by atoms with Gasteiger partial charge in [0.2, 0.25) is 11.8 Å². The zero-order chi connectivity index (χ0) is 21.1. The largest absolute Gasteiger partial charge is 0.508 e. The number of carboxylic acid groups (broad SMARTS) is 1. The number of rotatable bonds is 12. The number of carbonyl (C=O) groups is 3. The number of phenolic OH excluding ortho intramolecular Hbond substituents is 1. The van der Waals surface area contributed by atoms with Crippen LogP contribution in [0.5, 0.6) is 5.75 Å². The minimum absolute atomic E-state index is 0.0903. The third-order valence-electron chi connectivity index (χ3n) is 4.22. The Kier molecular flexibility index (Phi) is 10.0. The van der Waals surface area contributed by atoms with Crippen LogP contribution in [0.1, 0.15) is 45.1 Å². The van der Waals surface area contributed by atoms with E-state index in [9.17, 15) is 24.6 Å². The zero-order valence-electron chi connectivity index (χ0n) is 16.5. The summed E-state index contributed by atoms with van der Waals surface area (Å²) < 4.78 is 0. The molecule has 0 fully saturated rings. The Labute approximate surface area is 165 Å². The van der Waals surface area contributed by atoms with Crippen molar-refractivity contribution in [3.8, 4) is 5.75 Å². The van der Waals surface area contributed by atoms with Crippen molar-refractivity contribution in [3.05, 3.63) is 29.8 Å². The molecular formula is C20H31N3O5. The van der Waals surface area contributed by atoms with E-state index in [1.165, 1.54) is 12.1 Å². The van der Waals surface area contributed by atoms with Gasteiger partial charge >= 0.3 is 5.97 Å².